The van der Waals surface area contributed by atoms with E-state index in [-0.39, 0.29) is 11.4 Å². The molecule has 1 rings (SSSR count). The number of nitrogens with zero attached hydrogens (tertiary/aromatic N) is 1. The minimum absolute atomic E-state index is 0.224. The molecule has 15 heavy (non-hydrogen) atoms. The van der Waals surface area contributed by atoms with Gasteiger partial charge in [-0.1, -0.05) is 0 Å². The normalized spacial score (nSPS) is 10.7. The van der Waals surface area contributed by atoms with E-state index in [1.165, 1.54) is 0 Å². The lowest BCUT2D eigenvalue weighted by Gasteiger charge is -2.06. The fraction of sp³-hybridized carbons (Fsp3) is 0.250. The summed E-state index contributed by atoms with van der Waals surface area (Å²) < 4.78 is 37.5. The van der Waals surface area contributed by atoms with Gasteiger partial charge in [-0.15, -0.1) is 11.6 Å². The fourth-order valence-electron chi connectivity index (χ4n) is 0.977. The van der Waals surface area contributed by atoms with E-state index in [4.69, 9.17) is 16.7 Å². The summed E-state index contributed by atoms with van der Waals surface area (Å²) in [6.45, 7) is 0. The SMILES string of the molecule is O=C(O)c1cc(CCl)c(F)nc1C(F)F. The first-order valence-electron chi connectivity index (χ1n) is 3.74. The topological polar surface area (TPSA) is 50.2 Å². The lowest BCUT2D eigenvalue weighted by Crippen LogP contribution is -2.09. The molecule has 3 nitrogen and oxygen atoms in total. The predicted molar refractivity (Wildman–Crippen MR) is 45.7 cm³/mol. The molecule has 0 saturated carbocycles. The van der Waals surface area contributed by atoms with Crippen LogP contribution < -0.4 is 0 Å². The van der Waals surface area contributed by atoms with E-state index in [2.05, 4.69) is 4.98 Å². The number of halogens is 4. The number of hydrogen-bond acceptors (Lipinski definition) is 2. The minimum Gasteiger partial charge on any atom is -0.478 e. The standard InChI is InChI=1S/C8H5ClF3NO2/c9-2-3-1-4(8(14)15)5(6(10)11)13-7(3)12/h1,6H,2H2,(H,14,15). The highest BCUT2D eigenvalue weighted by Gasteiger charge is 2.22. The third-order valence-corrected chi connectivity index (χ3v) is 1.95. The maximum absolute atomic E-state index is 12.9. The Balaban J connectivity index is 3.39. The summed E-state index contributed by atoms with van der Waals surface area (Å²) in [5.74, 6) is -3.10. The van der Waals surface area contributed by atoms with Crippen molar-refractivity contribution in [3.63, 3.8) is 0 Å². The summed E-state index contributed by atoms with van der Waals surface area (Å²) >= 11 is 5.28. The van der Waals surface area contributed by atoms with E-state index in [1.807, 2.05) is 0 Å². The molecule has 0 bridgehead atoms. The Morgan fingerprint density at radius 2 is 2.20 bits per heavy atom. The van der Waals surface area contributed by atoms with Crippen molar-refractivity contribution in [2.45, 2.75) is 12.3 Å². The fourth-order valence-corrected chi connectivity index (χ4v) is 1.16. The van der Waals surface area contributed by atoms with Crippen LogP contribution in [-0.4, -0.2) is 16.1 Å². The average molecular weight is 240 g/mol. The first-order chi connectivity index (χ1) is 6.97. The van der Waals surface area contributed by atoms with Gasteiger partial charge in [0.1, 0.15) is 5.69 Å². The molecular formula is C8H5ClF3NO2. The van der Waals surface area contributed by atoms with Crippen molar-refractivity contribution in [1.29, 1.82) is 0 Å². The Bertz CT molecular complexity index is 398. The molecule has 0 spiro atoms. The Kier molecular flexibility index (Phi) is 3.52. The van der Waals surface area contributed by atoms with Crippen LogP contribution in [0.15, 0.2) is 6.07 Å². The van der Waals surface area contributed by atoms with Gasteiger partial charge in [0.05, 0.1) is 11.4 Å². The Labute approximate surface area is 87.5 Å². The lowest BCUT2D eigenvalue weighted by atomic mass is 10.1. The smallest absolute Gasteiger partial charge is 0.337 e. The van der Waals surface area contributed by atoms with Crippen LogP contribution >= 0.6 is 11.6 Å². The summed E-state index contributed by atoms with van der Waals surface area (Å²) in [4.78, 5) is 13.4. The van der Waals surface area contributed by atoms with Crippen molar-refractivity contribution in [2.75, 3.05) is 0 Å². The number of aromatic nitrogens is 1. The second-order valence-corrected chi connectivity index (χ2v) is 2.88. The van der Waals surface area contributed by atoms with Crippen LogP contribution in [0.4, 0.5) is 13.2 Å². The molecule has 0 aliphatic rings. The van der Waals surface area contributed by atoms with Crippen LogP contribution in [0.5, 0.6) is 0 Å². The second-order valence-electron chi connectivity index (χ2n) is 2.61. The van der Waals surface area contributed by atoms with Crippen molar-refractivity contribution in [3.8, 4) is 0 Å². The van der Waals surface area contributed by atoms with Crippen molar-refractivity contribution < 1.29 is 23.1 Å². The van der Waals surface area contributed by atoms with E-state index in [1.54, 1.807) is 0 Å². The summed E-state index contributed by atoms with van der Waals surface area (Å²) in [6, 6.07) is 0.763. The molecular weight excluding hydrogens is 235 g/mol. The number of hydrogen-bond donors (Lipinski definition) is 1. The highest BCUT2D eigenvalue weighted by atomic mass is 35.5. The third kappa shape index (κ3) is 2.38. The van der Waals surface area contributed by atoms with Gasteiger partial charge < -0.3 is 5.11 Å². The van der Waals surface area contributed by atoms with Crippen LogP contribution in [0.2, 0.25) is 0 Å². The highest BCUT2D eigenvalue weighted by Crippen LogP contribution is 2.23. The number of rotatable bonds is 3. The maximum atomic E-state index is 12.9. The van der Waals surface area contributed by atoms with Gasteiger partial charge >= 0.3 is 5.97 Å². The first kappa shape index (κ1) is 11.8. The average Bonchev–Trinajstić information content (AvgIpc) is 2.16. The van der Waals surface area contributed by atoms with Crippen molar-refractivity contribution in [1.82, 2.24) is 4.98 Å². The molecule has 7 heteroatoms. The maximum Gasteiger partial charge on any atom is 0.337 e. The molecule has 0 unspecified atom stereocenters. The Morgan fingerprint density at radius 1 is 1.60 bits per heavy atom. The molecule has 0 aromatic carbocycles. The Hall–Kier alpha value is -1.30. The van der Waals surface area contributed by atoms with Crippen molar-refractivity contribution >= 4 is 17.6 Å². The van der Waals surface area contributed by atoms with E-state index in [0.717, 1.165) is 6.07 Å². The Morgan fingerprint density at radius 3 is 2.60 bits per heavy atom. The van der Waals surface area contributed by atoms with E-state index < -0.39 is 29.6 Å². The molecule has 0 radical (unpaired) electrons. The van der Waals surface area contributed by atoms with Gasteiger partial charge in [-0.3, -0.25) is 0 Å². The molecule has 0 saturated heterocycles. The number of pyridine rings is 1. The van der Waals surface area contributed by atoms with Crippen LogP contribution in [-0.2, 0) is 5.88 Å². The third-order valence-electron chi connectivity index (χ3n) is 1.66. The predicted octanol–water partition coefficient (Wildman–Crippen LogP) is 2.60. The van der Waals surface area contributed by atoms with Crippen LogP contribution in [0, 0.1) is 5.95 Å². The molecule has 0 aliphatic heterocycles. The van der Waals surface area contributed by atoms with Crippen LogP contribution in [0.25, 0.3) is 0 Å². The van der Waals surface area contributed by atoms with E-state index in [9.17, 15) is 18.0 Å². The number of aromatic carboxylic acids is 1. The highest BCUT2D eigenvalue weighted by molar-refractivity contribution is 6.17. The summed E-state index contributed by atoms with van der Waals surface area (Å²) in [5, 5.41) is 8.59. The van der Waals surface area contributed by atoms with Crippen LogP contribution in [0.3, 0.4) is 0 Å². The number of carboxylic acid groups (broad SMARTS) is 1. The molecule has 1 aromatic heterocycles. The number of carbonyl (C=O) groups is 1. The number of alkyl halides is 3. The molecule has 1 N–H and O–H groups in total. The minimum atomic E-state index is -3.14. The van der Waals surface area contributed by atoms with Crippen molar-refractivity contribution in [3.05, 3.63) is 28.8 Å². The first-order valence-corrected chi connectivity index (χ1v) is 4.27. The zero-order valence-corrected chi connectivity index (χ0v) is 7.93. The molecule has 0 fully saturated rings. The molecule has 0 aliphatic carbocycles. The van der Waals surface area contributed by atoms with Crippen LogP contribution in [0.1, 0.15) is 28.0 Å². The quantitative estimate of drug-likeness (QED) is 0.652. The summed E-state index contributed by atoms with van der Waals surface area (Å²) in [7, 11) is 0. The molecule has 0 amide bonds. The monoisotopic (exact) mass is 239 g/mol. The molecule has 0 atom stereocenters. The van der Waals surface area contributed by atoms with Gasteiger partial charge in [0.2, 0.25) is 5.95 Å². The molecule has 1 heterocycles. The van der Waals surface area contributed by atoms with Crippen molar-refractivity contribution in [2.24, 2.45) is 0 Å². The summed E-state index contributed by atoms with van der Waals surface area (Å²) in [6.07, 6.45) is -3.14. The molecule has 82 valence electrons. The number of carboxylic acids is 1. The zero-order chi connectivity index (χ0) is 11.6. The molecule has 1 aromatic rings. The van der Waals surface area contributed by atoms with E-state index in [0.29, 0.717) is 0 Å². The van der Waals surface area contributed by atoms with Gasteiger partial charge in [-0.25, -0.2) is 18.6 Å². The van der Waals surface area contributed by atoms with Gasteiger partial charge in [-0.2, -0.15) is 4.39 Å². The largest absolute Gasteiger partial charge is 0.478 e. The van der Waals surface area contributed by atoms with Gasteiger partial charge in [0.15, 0.2) is 0 Å². The van der Waals surface area contributed by atoms with Gasteiger partial charge in [-0.05, 0) is 6.07 Å². The summed E-state index contributed by atoms with van der Waals surface area (Å²) in [5.41, 5.74) is -2.05. The zero-order valence-electron chi connectivity index (χ0n) is 7.18. The van der Waals surface area contributed by atoms with Gasteiger partial charge in [0.25, 0.3) is 6.43 Å². The lowest BCUT2D eigenvalue weighted by molar-refractivity contribution is 0.0681. The second kappa shape index (κ2) is 4.48. The van der Waals surface area contributed by atoms with E-state index >= 15 is 0 Å². The van der Waals surface area contributed by atoms with Gasteiger partial charge in [0, 0.05) is 5.56 Å².